The van der Waals surface area contributed by atoms with Gasteiger partial charge in [-0.05, 0) is 35.9 Å². The first-order valence-corrected chi connectivity index (χ1v) is 11.1. The predicted octanol–water partition coefficient (Wildman–Crippen LogP) is 5.79. The molecule has 0 bridgehead atoms. The molecule has 5 rings (SSSR count). The van der Waals surface area contributed by atoms with Gasteiger partial charge in [-0.2, -0.15) is 5.10 Å². The van der Waals surface area contributed by atoms with Gasteiger partial charge in [0.05, 0.1) is 12.2 Å². The van der Waals surface area contributed by atoms with Crippen LogP contribution in [0.25, 0.3) is 22.2 Å². The van der Waals surface area contributed by atoms with Crippen molar-refractivity contribution in [2.24, 2.45) is 10.1 Å². The summed E-state index contributed by atoms with van der Waals surface area (Å²) >= 11 is 12.3. The molecule has 3 aromatic carbocycles. The lowest BCUT2D eigenvalue weighted by molar-refractivity contribution is 0.528. The van der Waals surface area contributed by atoms with Crippen LogP contribution in [0.5, 0.6) is 0 Å². The van der Waals surface area contributed by atoms with Crippen LogP contribution in [0.1, 0.15) is 11.1 Å². The van der Waals surface area contributed by atoms with E-state index >= 15 is 0 Å². The first-order valence-electron chi connectivity index (χ1n) is 10.3. The zero-order valence-corrected chi connectivity index (χ0v) is 19.0. The molecule has 1 aliphatic heterocycles. The van der Waals surface area contributed by atoms with Gasteiger partial charge in [0.1, 0.15) is 5.71 Å². The second-order valence-corrected chi connectivity index (χ2v) is 8.41. The lowest BCUT2D eigenvalue weighted by Gasteiger charge is -2.17. The molecule has 0 aliphatic carbocycles. The molecular weight excluding hydrogens is 441 g/mol. The Balaban J connectivity index is 1.76. The number of hydrogen-bond donors (Lipinski definition) is 2. The largest absolute Gasteiger partial charge is 0.354 e. The average Bonchev–Trinajstić information content (AvgIpc) is 3.47. The third-order valence-corrected chi connectivity index (χ3v) is 5.91. The van der Waals surface area contributed by atoms with Gasteiger partial charge in [-0.3, -0.25) is 0 Å². The van der Waals surface area contributed by atoms with E-state index in [0.29, 0.717) is 10.0 Å². The molecule has 0 spiro atoms. The van der Waals surface area contributed by atoms with Gasteiger partial charge < -0.3 is 10.3 Å². The first kappa shape index (κ1) is 20.6. The highest BCUT2D eigenvalue weighted by molar-refractivity contribution is 6.31. The molecular formula is C25H21Cl2N5. The standard InChI is InChI=1S/C25H21Cl2N5/c1-32(25-28-14-15-29-25)31-24(17-8-12-19(27)13-9-17)22-20-4-2-3-5-21(20)30-23(22)16-6-10-18(26)11-7-16/h2-13,30H,14-15H2,1H3,(H,28,29). The summed E-state index contributed by atoms with van der Waals surface area (Å²) in [7, 11) is 1.91. The van der Waals surface area contributed by atoms with E-state index in [1.165, 1.54) is 0 Å². The number of aliphatic imine (C=N–C) groups is 1. The minimum Gasteiger partial charge on any atom is -0.354 e. The number of fused-ring (bicyclic) bond motifs is 1. The highest BCUT2D eigenvalue weighted by Crippen LogP contribution is 2.33. The molecule has 32 heavy (non-hydrogen) atoms. The molecule has 4 aromatic rings. The quantitative estimate of drug-likeness (QED) is 0.298. The van der Waals surface area contributed by atoms with Crippen molar-refractivity contribution in [1.82, 2.24) is 15.3 Å². The maximum Gasteiger partial charge on any atom is 0.214 e. The van der Waals surface area contributed by atoms with Crippen LogP contribution < -0.4 is 5.32 Å². The number of nitrogens with zero attached hydrogens (tertiary/aromatic N) is 3. The van der Waals surface area contributed by atoms with Gasteiger partial charge in [0.2, 0.25) is 5.96 Å². The summed E-state index contributed by atoms with van der Waals surface area (Å²) in [5, 5.41) is 12.6. The summed E-state index contributed by atoms with van der Waals surface area (Å²) in [6.45, 7) is 1.56. The summed E-state index contributed by atoms with van der Waals surface area (Å²) in [5.74, 6) is 0.754. The fourth-order valence-electron chi connectivity index (χ4n) is 3.88. The third kappa shape index (κ3) is 3.97. The fraction of sp³-hybridized carbons (Fsp3) is 0.120. The Morgan fingerprint density at radius 3 is 2.31 bits per heavy atom. The molecule has 160 valence electrons. The summed E-state index contributed by atoms with van der Waals surface area (Å²) in [6, 6.07) is 23.8. The molecule has 1 aliphatic rings. The molecule has 0 unspecified atom stereocenters. The van der Waals surface area contributed by atoms with Crippen LogP contribution in [-0.2, 0) is 0 Å². The lowest BCUT2D eigenvalue weighted by Crippen LogP contribution is -2.33. The van der Waals surface area contributed by atoms with Gasteiger partial charge >= 0.3 is 0 Å². The number of aromatic nitrogens is 1. The molecule has 0 radical (unpaired) electrons. The van der Waals surface area contributed by atoms with Crippen molar-refractivity contribution in [3.05, 3.63) is 94.0 Å². The lowest BCUT2D eigenvalue weighted by atomic mass is 9.96. The van der Waals surface area contributed by atoms with E-state index in [0.717, 1.165) is 58.0 Å². The minimum atomic E-state index is 0.681. The van der Waals surface area contributed by atoms with Gasteiger partial charge in [-0.1, -0.05) is 65.7 Å². The van der Waals surface area contributed by atoms with Gasteiger partial charge in [-0.15, -0.1) is 0 Å². The van der Waals surface area contributed by atoms with E-state index in [4.69, 9.17) is 28.3 Å². The number of hydrogen-bond acceptors (Lipinski definition) is 4. The van der Waals surface area contributed by atoms with Crippen molar-refractivity contribution in [2.75, 3.05) is 20.1 Å². The zero-order valence-electron chi connectivity index (χ0n) is 17.4. The number of benzene rings is 3. The second kappa shape index (κ2) is 8.69. The normalized spacial score (nSPS) is 13.8. The summed E-state index contributed by atoms with van der Waals surface area (Å²) in [5.41, 5.74) is 5.83. The van der Waals surface area contributed by atoms with Crippen molar-refractivity contribution in [3.8, 4) is 11.3 Å². The zero-order chi connectivity index (χ0) is 22.1. The summed E-state index contributed by atoms with van der Waals surface area (Å²) in [4.78, 5) is 8.10. The molecule has 0 atom stereocenters. The molecule has 7 heteroatoms. The predicted molar refractivity (Wildman–Crippen MR) is 134 cm³/mol. The molecule has 0 fully saturated rings. The van der Waals surface area contributed by atoms with E-state index in [1.807, 2.05) is 67.7 Å². The molecule has 0 saturated carbocycles. The number of hydrazone groups is 1. The van der Waals surface area contributed by atoms with Crippen molar-refractivity contribution in [2.45, 2.75) is 0 Å². The van der Waals surface area contributed by atoms with Crippen LogP contribution in [0.2, 0.25) is 10.0 Å². The molecule has 0 saturated heterocycles. The Bertz CT molecular complexity index is 1320. The van der Waals surface area contributed by atoms with Gasteiger partial charge in [0, 0.05) is 45.7 Å². The van der Waals surface area contributed by atoms with Gasteiger partial charge in [-0.25, -0.2) is 10.0 Å². The van der Waals surface area contributed by atoms with Crippen LogP contribution in [0.3, 0.4) is 0 Å². The van der Waals surface area contributed by atoms with Crippen molar-refractivity contribution < 1.29 is 0 Å². The van der Waals surface area contributed by atoms with Crippen molar-refractivity contribution >= 4 is 45.8 Å². The second-order valence-electron chi connectivity index (χ2n) is 7.54. The number of aromatic amines is 1. The highest BCUT2D eigenvalue weighted by Gasteiger charge is 2.21. The molecule has 5 nitrogen and oxygen atoms in total. The number of para-hydroxylation sites is 1. The van der Waals surface area contributed by atoms with E-state index in [2.05, 4.69) is 27.4 Å². The fourth-order valence-corrected chi connectivity index (χ4v) is 4.13. The summed E-state index contributed by atoms with van der Waals surface area (Å²) < 4.78 is 0. The van der Waals surface area contributed by atoms with Crippen LogP contribution >= 0.6 is 23.2 Å². The van der Waals surface area contributed by atoms with Crippen LogP contribution in [0, 0.1) is 0 Å². The van der Waals surface area contributed by atoms with Gasteiger partial charge in [0.15, 0.2) is 0 Å². The van der Waals surface area contributed by atoms with Crippen molar-refractivity contribution in [3.63, 3.8) is 0 Å². The molecule has 0 amide bonds. The Kier molecular flexibility index (Phi) is 5.60. The maximum atomic E-state index is 6.19. The molecule has 2 heterocycles. The van der Waals surface area contributed by atoms with E-state index < -0.39 is 0 Å². The third-order valence-electron chi connectivity index (χ3n) is 5.41. The number of rotatable bonds is 4. The maximum absolute atomic E-state index is 6.19. The number of halogens is 2. The number of H-pyrrole nitrogens is 1. The van der Waals surface area contributed by atoms with E-state index in [-0.39, 0.29) is 0 Å². The topological polar surface area (TPSA) is 55.8 Å². The van der Waals surface area contributed by atoms with Gasteiger partial charge in [0.25, 0.3) is 0 Å². The Labute approximate surface area is 196 Å². The number of nitrogens with one attached hydrogen (secondary N) is 2. The summed E-state index contributed by atoms with van der Waals surface area (Å²) in [6.07, 6.45) is 0. The van der Waals surface area contributed by atoms with E-state index in [9.17, 15) is 0 Å². The highest BCUT2D eigenvalue weighted by atomic mass is 35.5. The molecule has 1 aromatic heterocycles. The van der Waals surface area contributed by atoms with Crippen molar-refractivity contribution in [1.29, 1.82) is 0 Å². The Morgan fingerprint density at radius 2 is 1.62 bits per heavy atom. The molecule has 2 N–H and O–H groups in total. The van der Waals surface area contributed by atoms with Crippen LogP contribution in [0.15, 0.2) is 82.9 Å². The average molecular weight is 462 g/mol. The smallest absolute Gasteiger partial charge is 0.214 e. The van der Waals surface area contributed by atoms with Crippen LogP contribution in [-0.4, -0.2) is 41.8 Å². The Morgan fingerprint density at radius 1 is 0.938 bits per heavy atom. The SMILES string of the molecule is CN(N=C(c1ccc(Cl)cc1)c1c(-c2ccc(Cl)cc2)[nH]c2ccccc12)C1=NCCN1. The minimum absolute atomic E-state index is 0.681. The monoisotopic (exact) mass is 461 g/mol. The number of guanidine groups is 1. The van der Waals surface area contributed by atoms with E-state index in [1.54, 1.807) is 5.01 Å². The first-order chi connectivity index (χ1) is 15.6. The van der Waals surface area contributed by atoms with Crippen LogP contribution in [0.4, 0.5) is 0 Å². The Hall–Kier alpha value is -3.28.